The second-order valence-corrected chi connectivity index (χ2v) is 4.48. The Morgan fingerprint density at radius 1 is 1.29 bits per heavy atom. The third-order valence-electron chi connectivity index (χ3n) is 2.87. The van der Waals surface area contributed by atoms with Gasteiger partial charge in [0.1, 0.15) is 0 Å². The van der Waals surface area contributed by atoms with Crippen molar-refractivity contribution in [2.24, 2.45) is 0 Å². The van der Waals surface area contributed by atoms with Crippen LogP contribution < -0.4 is 10.0 Å². The molecule has 0 N–H and O–H groups in total. The molecule has 0 saturated carbocycles. The number of anilines is 1. The van der Waals surface area contributed by atoms with Crippen LogP contribution in [0.2, 0.25) is 0 Å². The lowest BCUT2D eigenvalue weighted by atomic mass is 10.0. The van der Waals surface area contributed by atoms with Crippen LogP contribution >= 0.6 is 0 Å². The van der Waals surface area contributed by atoms with Gasteiger partial charge in [-0.15, -0.1) is 0 Å². The van der Waals surface area contributed by atoms with Crippen molar-refractivity contribution in [1.29, 1.82) is 0 Å². The maximum Gasteiger partial charge on any atom is 0.0718 e. The Kier molecular flexibility index (Phi) is 5.01. The van der Waals surface area contributed by atoms with Crippen LogP contribution in [0.1, 0.15) is 42.1 Å². The molecule has 0 spiro atoms. The van der Waals surface area contributed by atoms with E-state index in [1.165, 1.54) is 0 Å². The second kappa shape index (κ2) is 6.28. The van der Waals surface area contributed by atoms with E-state index in [0.717, 1.165) is 36.9 Å². The Balaban J connectivity index is 2.94. The lowest BCUT2D eigenvalue weighted by molar-refractivity contribution is -0.255. The lowest BCUT2D eigenvalue weighted by Crippen LogP contribution is -2.24. The normalized spacial score (nSPS) is 10.3. The number of carboxylic acid groups (broad SMARTS) is 1. The summed E-state index contributed by atoms with van der Waals surface area (Å²) in [6, 6.07) is 5.40. The first-order chi connectivity index (χ1) is 8.06. The van der Waals surface area contributed by atoms with Crippen molar-refractivity contribution in [3.05, 3.63) is 29.3 Å². The summed E-state index contributed by atoms with van der Waals surface area (Å²) in [6.07, 6.45) is 4.08. The van der Waals surface area contributed by atoms with Gasteiger partial charge in [0.15, 0.2) is 0 Å². The van der Waals surface area contributed by atoms with Crippen LogP contribution in [0.5, 0.6) is 0 Å². The van der Waals surface area contributed by atoms with Gasteiger partial charge in [-0.05, 0) is 30.5 Å². The highest BCUT2D eigenvalue weighted by Gasteiger charge is 2.06. The molecule has 0 heterocycles. The average Bonchev–Trinajstić information content (AvgIpc) is 2.28. The summed E-state index contributed by atoms with van der Waals surface area (Å²) in [4.78, 5) is 13.0. The number of rotatable bonds is 6. The standard InChI is InChI=1S/C14H21NO2/c1-4-5-6-7-11-10-12(15(2)3)8-9-13(11)14(16)17/h8-10H,4-7H2,1-3H3,(H,16,17)/p-1. The quantitative estimate of drug-likeness (QED) is 0.705. The minimum absolute atomic E-state index is 0.326. The molecule has 17 heavy (non-hydrogen) atoms. The molecule has 0 saturated heterocycles. The van der Waals surface area contributed by atoms with Gasteiger partial charge < -0.3 is 14.8 Å². The van der Waals surface area contributed by atoms with Crippen molar-refractivity contribution in [1.82, 2.24) is 0 Å². The number of aromatic carboxylic acids is 1. The van der Waals surface area contributed by atoms with Crippen molar-refractivity contribution in [3.63, 3.8) is 0 Å². The van der Waals surface area contributed by atoms with E-state index in [1.54, 1.807) is 6.07 Å². The molecular weight excluding hydrogens is 214 g/mol. The van der Waals surface area contributed by atoms with E-state index in [2.05, 4.69) is 6.92 Å². The molecule has 0 aliphatic rings. The summed E-state index contributed by atoms with van der Waals surface area (Å²) in [6.45, 7) is 2.13. The Bertz CT molecular complexity index is 386. The van der Waals surface area contributed by atoms with E-state index < -0.39 is 5.97 Å². The molecule has 1 aromatic rings. The summed E-state index contributed by atoms with van der Waals surface area (Å²) < 4.78 is 0. The molecule has 0 aliphatic carbocycles. The van der Waals surface area contributed by atoms with Gasteiger partial charge in [-0.2, -0.15) is 0 Å². The molecule has 0 aliphatic heterocycles. The summed E-state index contributed by atoms with van der Waals surface area (Å²) in [7, 11) is 3.90. The number of carbonyl (C=O) groups is 1. The van der Waals surface area contributed by atoms with Gasteiger partial charge in [0.2, 0.25) is 0 Å². The van der Waals surface area contributed by atoms with Crippen LogP contribution in [0.15, 0.2) is 18.2 Å². The third kappa shape index (κ3) is 3.77. The van der Waals surface area contributed by atoms with Crippen molar-refractivity contribution in [2.45, 2.75) is 32.6 Å². The van der Waals surface area contributed by atoms with Crippen LogP contribution in [-0.4, -0.2) is 20.1 Å². The number of nitrogens with zero attached hydrogens (tertiary/aromatic N) is 1. The molecule has 94 valence electrons. The number of benzene rings is 1. The first-order valence-corrected chi connectivity index (χ1v) is 6.07. The number of hydrogen-bond acceptors (Lipinski definition) is 3. The SMILES string of the molecule is CCCCCc1cc(N(C)C)ccc1C(=O)[O-]. The monoisotopic (exact) mass is 234 g/mol. The Hall–Kier alpha value is -1.51. The minimum atomic E-state index is -1.08. The molecule has 3 nitrogen and oxygen atoms in total. The van der Waals surface area contributed by atoms with E-state index >= 15 is 0 Å². The van der Waals surface area contributed by atoms with E-state index in [9.17, 15) is 9.90 Å². The topological polar surface area (TPSA) is 43.4 Å². The first-order valence-electron chi connectivity index (χ1n) is 6.07. The van der Waals surface area contributed by atoms with Crippen LogP contribution in [0.4, 0.5) is 5.69 Å². The summed E-state index contributed by atoms with van der Waals surface area (Å²) >= 11 is 0. The van der Waals surface area contributed by atoms with Gasteiger partial charge in [0, 0.05) is 25.3 Å². The largest absolute Gasteiger partial charge is 0.545 e. The molecule has 1 aromatic carbocycles. The van der Waals surface area contributed by atoms with E-state index in [4.69, 9.17) is 0 Å². The molecule has 0 amide bonds. The van der Waals surface area contributed by atoms with Gasteiger partial charge in [-0.3, -0.25) is 0 Å². The molecule has 0 bridgehead atoms. The highest BCUT2D eigenvalue weighted by molar-refractivity contribution is 5.88. The van der Waals surface area contributed by atoms with Crippen molar-refractivity contribution >= 4 is 11.7 Å². The zero-order valence-corrected chi connectivity index (χ0v) is 10.8. The van der Waals surface area contributed by atoms with Gasteiger partial charge in [0.25, 0.3) is 0 Å². The maximum absolute atomic E-state index is 11.0. The second-order valence-electron chi connectivity index (χ2n) is 4.48. The fourth-order valence-corrected chi connectivity index (χ4v) is 1.83. The highest BCUT2D eigenvalue weighted by atomic mass is 16.4. The van der Waals surface area contributed by atoms with Crippen molar-refractivity contribution < 1.29 is 9.90 Å². The van der Waals surface area contributed by atoms with Crippen LogP contribution in [0.25, 0.3) is 0 Å². The number of carbonyl (C=O) groups excluding carboxylic acids is 1. The Labute approximate surface area is 103 Å². The smallest absolute Gasteiger partial charge is 0.0718 e. The fourth-order valence-electron chi connectivity index (χ4n) is 1.83. The van der Waals surface area contributed by atoms with Crippen LogP contribution in [0, 0.1) is 0 Å². The van der Waals surface area contributed by atoms with Crippen molar-refractivity contribution in [3.8, 4) is 0 Å². The number of hydrogen-bond donors (Lipinski definition) is 0. The zero-order chi connectivity index (χ0) is 12.8. The minimum Gasteiger partial charge on any atom is -0.545 e. The Morgan fingerprint density at radius 3 is 2.53 bits per heavy atom. The fraction of sp³-hybridized carbons (Fsp3) is 0.500. The van der Waals surface area contributed by atoms with Crippen LogP contribution in [0.3, 0.4) is 0 Å². The number of carboxylic acids is 1. The molecule has 1 rings (SSSR count). The molecule has 0 radical (unpaired) electrons. The molecule has 0 fully saturated rings. The first kappa shape index (κ1) is 13.6. The third-order valence-corrected chi connectivity index (χ3v) is 2.87. The molecule has 0 aromatic heterocycles. The van der Waals surface area contributed by atoms with Gasteiger partial charge in [0.05, 0.1) is 5.97 Å². The average molecular weight is 234 g/mol. The van der Waals surface area contributed by atoms with Gasteiger partial charge in [-0.25, -0.2) is 0 Å². The summed E-state index contributed by atoms with van der Waals surface area (Å²) in [5.41, 5.74) is 2.23. The van der Waals surface area contributed by atoms with Crippen LogP contribution in [-0.2, 0) is 6.42 Å². The lowest BCUT2D eigenvalue weighted by Gasteiger charge is -2.17. The van der Waals surface area contributed by atoms with E-state index in [-0.39, 0.29) is 0 Å². The van der Waals surface area contributed by atoms with Gasteiger partial charge >= 0.3 is 0 Å². The molecule has 3 heteroatoms. The van der Waals surface area contributed by atoms with Gasteiger partial charge in [-0.1, -0.05) is 25.8 Å². The Morgan fingerprint density at radius 2 is 2.00 bits per heavy atom. The zero-order valence-electron chi connectivity index (χ0n) is 10.8. The predicted octanol–water partition coefficient (Wildman–Crippen LogP) is 1.85. The van der Waals surface area contributed by atoms with E-state index in [1.807, 2.05) is 31.1 Å². The van der Waals surface area contributed by atoms with E-state index in [0.29, 0.717) is 5.56 Å². The number of unbranched alkanes of at least 4 members (excludes halogenated alkanes) is 2. The number of aryl methyl sites for hydroxylation is 1. The summed E-state index contributed by atoms with van der Waals surface area (Å²) in [5, 5.41) is 11.0. The highest BCUT2D eigenvalue weighted by Crippen LogP contribution is 2.19. The maximum atomic E-state index is 11.0. The molecular formula is C14H20NO2-. The van der Waals surface area contributed by atoms with Crippen molar-refractivity contribution in [2.75, 3.05) is 19.0 Å². The summed E-state index contributed by atoms with van der Waals surface area (Å²) in [5.74, 6) is -1.08. The molecule has 0 atom stereocenters. The predicted molar refractivity (Wildman–Crippen MR) is 68.3 cm³/mol. The molecule has 0 unspecified atom stereocenters.